The second-order valence-electron chi connectivity index (χ2n) is 6.66. The van der Waals surface area contributed by atoms with Crippen molar-refractivity contribution in [3.8, 4) is 11.5 Å². The van der Waals surface area contributed by atoms with E-state index in [-0.39, 0.29) is 16.4 Å². The zero-order chi connectivity index (χ0) is 21.2. The third-order valence-electron chi connectivity index (χ3n) is 4.65. The molecule has 1 aromatic carbocycles. The van der Waals surface area contributed by atoms with Gasteiger partial charge in [0.05, 0.1) is 9.82 Å². The number of sulfonamides is 1. The minimum atomic E-state index is -3.90. The van der Waals surface area contributed by atoms with Crippen LogP contribution in [0.25, 0.3) is 0 Å². The Morgan fingerprint density at radius 1 is 1.10 bits per heavy atom. The lowest BCUT2D eigenvalue weighted by Gasteiger charge is -2.29. The van der Waals surface area contributed by atoms with Crippen molar-refractivity contribution in [1.29, 1.82) is 0 Å². The summed E-state index contributed by atoms with van der Waals surface area (Å²) < 4.78 is 32.3. The molecule has 29 heavy (non-hydrogen) atoms. The summed E-state index contributed by atoms with van der Waals surface area (Å²) in [6, 6.07) is 5.84. The minimum absolute atomic E-state index is 0.230. The van der Waals surface area contributed by atoms with Crippen molar-refractivity contribution >= 4 is 21.5 Å². The molecule has 12 heteroatoms. The van der Waals surface area contributed by atoms with E-state index in [1.165, 1.54) is 28.7 Å². The Morgan fingerprint density at radius 3 is 2.41 bits per heavy atom. The number of hydrogen-bond acceptors (Lipinski definition) is 8. The first kappa shape index (κ1) is 20.6. The molecule has 0 unspecified atom stereocenters. The smallest absolute Gasteiger partial charge is 0.406 e. The molecule has 0 amide bonds. The molecular formula is C17H18N4O7S. The molecular weight excluding hydrogens is 404 g/mol. The average Bonchev–Trinajstić information content (AvgIpc) is 2.68. The predicted octanol–water partition coefficient (Wildman–Crippen LogP) is 3.11. The van der Waals surface area contributed by atoms with Gasteiger partial charge in [0.15, 0.2) is 0 Å². The number of pyridine rings is 1. The quantitative estimate of drug-likeness (QED) is 0.510. The van der Waals surface area contributed by atoms with Crippen LogP contribution in [0.5, 0.6) is 11.5 Å². The van der Waals surface area contributed by atoms with E-state index in [4.69, 9.17) is 4.74 Å². The van der Waals surface area contributed by atoms with E-state index in [2.05, 4.69) is 4.98 Å². The number of nitrogens with zero attached hydrogens (tertiary/aromatic N) is 4. The van der Waals surface area contributed by atoms with Gasteiger partial charge in [0.2, 0.25) is 21.5 Å². The van der Waals surface area contributed by atoms with E-state index < -0.39 is 31.4 Å². The Bertz CT molecular complexity index is 1050. The molecule has 1 fully saturated rings. The number of ether oxygens (including phenoxy) is 1. The first-order chi connectivity index (χ1) is 13.7. The van der Waals surface area contributed by atoms with Gasteiger partial charge >= 0.3 is 11.5 Å². The molecule has 3 rings (SSSR count). The number of rotatable bonds is 6. The molecule has 11 nitrogen and oxygen atoms in total. The highest BCUT2D eigenvalue weighted by atomic mass is 32.2. The maximum atomic E-state index is 12.8. The molecule has 0 saturated carbocycles. The van der Waals surface area contributed by atoms with Crippen molar-refractivity contribution in [1.82, 2.24) is 9.29 Å². The lowest BCUT2D eigenvalue weighted by atomic mass is 10.0. The fraction of sp³-hybridized carbons (Fsp3) is 0.353. The van der Waals surface area contributed by atoms with Gasteiger partial charge < -0.3 is 14.9 Å². The molecule has 0 atom stereocenters. The highest BCUT2D eigenvalue weighted by Gasteiger charge is 2.31. The minimum Gasteiger partial charge on any atom is -0.441 e. The van der Waals surface area contributed by atoms with Gasteiger partial charge in [-0.3, -0.25) is 10.1 Å². The van der Waals surface area contributed by atoms with E-state index in [1.807, 2.05) is 6.92 Å². The van der Waals surface area contributed by atoms with Crippen LogP contribution in [0.3, 0.4) is 0 Å². The van der Waals surface area contributed by atoms with Crippen LogP contribution in [0.15, 0.2) is 41.4 Å². The van der Waals surface area contributed by atoms with Crippen LogP contribution in [0.4, 0.5) is 11.5 Å². The van der Waals surface area contributed by atoms with Gasteiger partial charge in [0.25, 0.3) is 0 Å². The number of piperidine rings is 1. The highest BCUT2D eigenvalue weighted by Crippen LogP contribution is 2.37. The summed E-state index contributed by atoms with van der Waals surface area (Å²) in [4.78, 5) is 24.3. The first-order valence-corrected chi connectivity index (χ1v) is 10.2. The average molecular weight is 422 g/mol. The van der Waals surface area contributed by atoms with Crippen LogP contribution in [0.1, 0.15) is 19.8 Å². The van der Waals surface area contributed by atoms with Crippen molar-refractivity contribution in [2.24, 2.45) is 5.92 Å². The van der Waals surface area contributed by atoms with Gasteiger partial charge in [-0.15, -0.1) is 0 Å². The first-order valence-electron chi connectivity index (χ1n) is 8.76. The van der Waals surface area contributed by atoms with E-state index in [9.17, 15) is 28.6 Å². The van der Waals surface area contributed by atoms with E-state index >= 15 is 0 Å². The van der Waals surface area contributed by atoms with E-state index in [1.54, 1.807) is 0 Å². The van der Waals surface area contributed by atoms with Crippen molar-refractivity contribution in [2.75, 3.05) is 13.1 Å². The number of nitro groups is 2. The van der Waals surface area contributed by atoms with Crippen molar-refractivity contribution in [3.05, 3.63) is 56.8 Å². The predicted molar refractivity (Wildman–Crippen MR) is 101 cm³/mol. The fourth-order valence-electron chi connectivity index (χ4n) is 2.98. The van der Waals surface area contributed by atoms with Crippen molar-refractivity contribution < 1.29 is 23.0 Å². The summed E-state index contributed by atoms with van der Waals surface area (Å²) >= 11 is 0. The van der Waals surface area contributed by atoms with Gasteiger partial charge in [-0.1, -0.05) is 6.92 Å². The Hall–Kier alpha value is -3.12. The van der Waals surface area contributed by atoms with Crippen LogP contribution in [0, 0.1) is 26.1 Å². The number of benzene rings is 1. The Morgan fingerprint density at radius 2 is 1.79 bits per heavy atom. The van der Waals surface area contributed by atoms with Gasteiger partial charge in [0.1, 0.15) is 6.20 Å². The Labute approximate surface area is 166 Å². The van der Waals surface area contributed by atoms with Gasteiger partial charge in [-0.25, -0.2) is 8.42 Å². The molecule has 154 valence electrons. The molecule has 2 aromatic rings. The molecule has 1 aliphatic rings. The molecule has 0 N–H and O–H groups in total. The van der Waals surface area contributed by atoms with E-state index in [0.717, 1.165) is 12.1 Å². The molecule has 0 spiro atoms. The highest BCUT2D eigenvalue weighted by molar-refractivity contribution is 7.89. The molecule has 1 aromatic heterocycles. The van der Waals surface area contributed by atoms with Crippen LogP contribution in [0.2, 0.25) is 0 Å². The van der Waals surface area contributed by atoms with Crippen molar-refractivity contribution in [2.45, 2.75) is 24.7 Å². The summed E-state index contributed by atoms with van der Waals surface area (Å²) in [6.07, 6.45) is 2.62. The van der Waals surface area contributed by atoms with Gasteiger partial charge in [-0.05, 0) is 52.9 Å². The summed E-state index contributed by atoms with van der Waals surface area (Å²) in [5.41, 5.74) is -0.616. The summed E-state index contributed by atoms with van der Waals surface area (Å²) in [7, 11) is -3.90. The summed E-state index contributed by atoms with van der Waals surface area (Å²) in [5, 5.41) is 22.6. The lowest BCUT2D eigenvalue weighted by molar-refractivity contribution is -0.391. The second kappa shape index (κ2) is 8.09. The zero-order valence-electron chi connectivity index (χ0n) is 15.4. The van der Waals surface area contributed by atoms with E-state index in [0.29, 0.717) is 31.8 Å². The van der Waals surface area contributed by atoms with Gasteiger partial charge in [0, 0.05) is 19.2 Å². The van der Waals surface area contributed by atoms with Crippen molar-refractivity contribution in [3.63, 3.8) is 0 Å². The molecule has 0 aliphatic carbocycles. The molecule has 0 radical (unpaired) electrons. The number of aromatic nitrogens is 1. The third kappa shape index (κ3) is 4.32. The third-order valence-corrected chi connectivity index (χ3v) is 6.55. The maximum absolute atomic E-state index is 12.8. The van der Waals surface area contributed by atoms with Gasteiger partial charge in [-0.2, -0.15) is 4.31 Å². The topological polar surface area (TPSA) is 146 Å². The Balaban J connectivity index is 1.96. The normalized spacial score (nSPS) is 15.8. The molecule has 1 aliphatic heterocycles. The molecule has 1 saturated heterocycles. The molecule has 0 bridgehead atoms. The number of nitro benzene ring substituents is 1. The van der Waals surface area contributed by atoms with Crippen LogP contribution in [-0.4, -0.2) is 40.6 Å². The zero-order valence-corrected chi connectivity index (χ0v) is 16.2. The maximum Gasteiger partial charge on any atom is 0.406 e. The lowest BCUT2D eigenvalue weighted by Crippen LogP contribution is -2.37. The summed E-state index contributed by atoms with van der Waals surface area (Å²) in [5.74, 6) is -0.804. The van der Waals surface area contributed by atoms with Crippen LogP contribution >= 0.6 is 0 Å². The molecule has 2 heterocycles. The largest absolute Gasteiger partial charge is 0.441 e. The monoisotopic (exact) mass is 422 g/mol. The fourth-order valence-corrected chi connectivity index (χ4v) is 4.47. The SMILES string of the molecule is CC1CCN(S(=O)(=O)c2ccc(Oc3cccnc3[N+](=O)[O-])c([N+](=O)[O-])c2)CC1. The van der Waals surface area contributed by atoms with Crippen LogP contribution in [-0.2, 0) is 10.0 Å². The Kier molecular flexibility index (Phi) is 5.75. The standard InChI is InChI=1S/C17H18N4O7S/c1-12-6-9-19(10-7-12)29(26,27)13-4-5-15(14(11-13)20(22)23)28-16-3-2-8-18-17(16)21(24)25/h2-5,8,11-12H,6-7,9-10H2,1H3. The van der Waals surface area contributed by atoms with Crippen LogP contribution < -0.4 is 4.74 Å². The summed E-state index contributed by atoms with van der Waals surface area (Å²) in [6.45, 7) is 2.73. The second-order valence-corrected chi connectivity index (χ2v) is 8.60. The number of hydrogen-bond donors (Lipinski definition) is 0.